The van der Waals surface area contributed by atoms with E-state index in [1.807, 2.05) is 13.8 Å². The molecule has 0 spiro atoms. The van der Waals surface area contributed by atoms with Crippen LogP contribution in [0.15, 0.2) is 29.3 Å². The first-order valence-corrected chi connectivity index (χ1v) is 6.43. The van der Waals surface area contributed by atoms with E-state index in [0.29, 0.717) is 17.7 Å². The zero-order valence-corrected chi connectivity index (χ0v) is 11.9. The lowest BCUT2D eigenvalue weighted by Gasteiger charge is -2.10. The monoisotopic (exact) mass is 277 g/mol. The van der Waals surface area contributed by atoms with Gasteiger partial charge in [0.25, 0.3) is 0 Å². The molecule has 1 aromatic carbocycles. The predicted molar refractivity (Wildman–Crippen MR) is 76.2 cm³/mol. The molecule has 0 aliphatic heterocycles. The van der Waals surface area contributed by atoms with Crippen LogP contribution < -0.4 is 4.74 Å². The molecule has 0 fully saturated rings. The number of aliphatic imine (C=N–C) groups is 1. The Balaban J connectivity index is 2.92. The largest absolute Gasteiger partial charge is 0.480 e. The van der Waals surface area contributed by atoms with Crippen molar-refractivity contribution in [2.75, 3.05) is 0 Å². The van der Waals surface area contributed by atoms with Crippen LogP contribution in [0.25, 0.3) is 0 Å². The minimum atomic E-state index is -0.958. The van der Waals surface area contributed by atoms with Crippen molar-refractivity contribution in [3.63, 3.8) is 0 Å². The quantitative estimate of drug-likeness (QED) is 0.492. The number of esters is 1. The fourth-order valence-electron chi connectivity index (χ4n) is 1.68. The van der Waals surface area contributed by atoms with Gasteiger partial charge in [0, 0.05) is 18.7 Å². The summed E-state index contributed by atoms with van der Waals surface area (Å²) >= 11 is 0. The predicted octanol–water partition coefficient (Wildman–Crippen LogP) is 2.53. The lowest BCUT2D eigenvalue weighted by molar-refractivity contribution is -0.138. The average molecular weight is 277 g/mol. The summed E-state index contributed by atoms with van der Waals surface area (Å²) in [5.74, 6) is -0.780. The van der Waals surface area contributed by atoms with Crippen LogP contribution in [0, 0.1) is 5.92 Å². The summed E-state index contributed by atoms with van der Waals surface area (Å²) in [6.07, 6.45) is 1.90. The van der Waals surface area contributed by atoms with Crippen molar-refractivity contribution >= 4 is 18.2 Å². The minimum Gasteiger partial charge on any atom is -0.480 e. The molecule has 108 valence electrons. The highest BCUT2D eigenvalue weighted by Crippen LogP contribution is 2.17. The van der Waals surface area contributed by atoms with Gasteiger partial charge >= 0.3 is 11.9 Å². The molecule has 0 aliphatic carbocycles. The Hall–Kier alpha value is -2.17. The highest BCUT2D eigenvalue weighted by Gasteiger charge is 2.17. The molecular weight excluding hydrogens is 258 g/mol. The Kier molecular flexibility index (Phi) is 5.90. The summed E-state index contributed by atoms with van der Waals surface area (Å²) in [7, 11) is 0. The van der Waals surface area contributed by atoms with Gasteiger partial charge in [-0.05, 0) is 24.5 Å². The first kappa shape index (κ1) is 15.9. The van der Waals surface area contributed by atoms with E-state index in [4.69, 9.17) is 9.84 Å². The van der Waals surface area contributed by atoms with E-state index in [-0.39, 0.29) is 5.92 Å². The Morgan fingerprint density at radius 2 is 2.00 bits per heavy atom. The number of benzene rings is 1. The van der Waals surface area contributed by atoms with Gasteiger partial charge in [-0.2, -0.15) is 0 Å². The fourth-order valence-corrected chi connectivity index (χ4v) is 1.68. The van der Waals surface area contributed by atoms with Crippen LogP contribution >= 0.6 is 0 Å². The molecule has 0 unspecified atom stereocenters. The first-order valence-electron chi connectivity index (χ1n) is 6.43. The highest BCUT2D eigenvalue weighted by atomic mass is 16.5. The molecule has 0 aliphatic rings. The van der Waals surface area contributed by atoms with Crippen LogP contribution in [0.5, 0.6) is 5.75 Å². The van der Waals surface area contributed by atoms with Crippen molar-refractivity contribution in [1.29, 1.82) is 0 Å². The topological polar surface area (TPSA) is 76.0 Å². The van der Waals surface area contributed by atoms with Crippen LogP contribution in [0.1, 0.15) is 32.8 Å². The van der Waals surface area contributed by atoms with E-state index in [1.54, 1.807) is 24.3 Å². The van der Waals surface area contributed by atoms with Crippen LogP contribution in [0.4, 0.5) is 0 Å². The number of nitrogens with zero attached hydrogens (tertiary/aromatic N) is 1. The summed E-state index contributed by atoms with van der Waals surface area (Å²) in [6.45, 7) is 5.20. The Bertz CT molecular complexity index is 508. The average Bonchev–Trinajstić information content (AvgIpc) is 2.34. The number of ether oxygens (including phenoxy) is 1. The second-order valence-electron chi connectivity index (χ2n) is 4.89. The number of carboxylic acid groups (broad SMARTS) is 1. The van der Waals surface area contributed by atoms with Gasteiger partial charge in [-0.1, -0.05) is 26.0 Å². The minimum absolute atomic E-state index is 0.233. The number of carbonyl (C=O) groups is 2. The maximum atomic E-state index is 11.1. The van der Waals surface area contributed by atoms with Crippen molar-refractivity contribution < 1.29 is 19.4 Å². The third-order valence-corrected chi connectivity index (χ3v) is 2.55. The summed E-state index contributed by atoms with van der Waals surface area (Å²) in [5, 5.41) is 9.12. The molecule has 1 aromatic rings. The van der Waals surface area contributed by atoms with Crippen LogP contribution in [-0.2, 0) is 9.59 Å². The normalized spacial score (nSPS) is 12.6. The van der Waals surface area contributed by atoms with Crippen molar-refractivity contribution in [2.24, 2.45) is 10.9 Å². The molecule has 20 heavy (non-hydrogen) atoms. The Morgan fingerprint density at radius 1 is 1.35 bits per heavy atom. The van der Waals surface area contributed by atoms with E-state index in [0.717, 1.165) is 0 Å². The summed E-state index contributed by atoms with van der Waals surface area (Å²) in [5.41, 5.74) is 0.581. The Morgan fingerprint density at radius 3 is 2.55 bits per heavy atom. The van der Waals surface area contributed by atoms with E-state index >= 15 is 0 Å². The summed E-state index contributed by atoms with van der Waals surface area (Å²) < 4.78 is 5.04. The van der Waals surface area contributed by atoms with E-state index in [9.17, 15) is 9.59 Å². The number of carboxylic acids is 1. The van der Waals surface area contributed by atoms with Gasteiger partial charge in [0.2, 0.25) is 0 Å². The highest BCUT2D eigenvalue weighted by molar-refractivity contribution is 5.87. The fraction of sp³-hybridized carbons (Fsp3) is 0.400. The standard InChI is InChI=1S/C15H19NO4/c1-10(2)8-13(15(18)19)16-9-12-6-4-5-7-14(12)20-11(3)17/h4-7,9-10,13H,8H2,1-3H3,(H,18,19)/t13-/m0/s1. The maximum Gasteiger partial charge on any atom is 0.328 e. The van der Waals surface area contributed by atoms with Crippen molar-refractivity contribution in [3.05, 3.63) is 29.8 Å². The lowest BCUT2D eigenvalue weighted by atomic mass is 10.0. The molecular formula is C15H19NO4. The lowest BCUT2D eigenvalue weighted by Crippen LogP contribution is -2.20. The van der Waals surface area contributed by atoms with Gasteiger partial charge in [-0.3, -0.25) is 9.79 Å². The molecule has 0 aromatic heterocycles. The first-order chi connectivity index (χ1) is 9.40. The van der Waals surface area contributed by atoms with E-state index in [1.165, 1.54) is 13.1 Å². The third-order valence-electron chi connectivity index (χ3n) is 2.55. The van der Waals surface area contributed by atoms with Crippen molar-refractivity contribution in [3.8, 4) is 5.75 Å². The SMILES string of the molecule is CC(=O)Oc1ccccc1C=N[C@@H](CC(C)C)C(=O)O. The molecule has 1 atom stereocenters. The Labute approximate surface area is 118 Å². The maximum absolute atomic E-state index is 11.1. The van der Waals surface area contributed by atoms with Gasteiger partial charge in [0.15, 0.2) is 0 Å². The smallest absolute Gasteiger partial charge is 0.328 e. The molecule has 0 saturated carbocycles. The van der Waals surface area contributed by atoms with Crippen molar-refractivity contribution in [2.45, 2.75) is 33.2 Å². The molecule has 0 radical (unpaired) electrons. The number of para-hydroxylation sites is 1. The second kappa shape index (κ2) is 7.43. The molecule has 0 heterocycles. The zero-order valence-electron chi connectivity index (χ0n) is 11.9. The number of rotatable bonds is 6. The molecule has 1 N–H and O–H groups in total. The molecule has 5 nitrogen and oxygen atoms in total. The molecule has 0 bridgehead atoms. The van der Waals surface area contributed by atoms with Crippen LogP contribution in [0.2, 0.25) is 0 Å². The second-order valence-corrected chi connectivity index (χ2v) is 4.89. The van der Waals surface area contributed by atoms with Gasteiger partial charge in [0.05, 0.1) is 0 Å². The van der Waals surface area contributed by atoms with Crippen LogP contribution in [0.3, 0.4) is 0 Å². The summed E-state index contributed by atoms with van der Waals surface area (Å²) in [4.78, 5) is 26.2. The number of aliphatic carboxylic acids is 1. The number of hydrogen-bond donors (Lipinski definition) is 1. The number of hydrogen-bond acceptors (Lipinski definition) is 4. The van der Waals surface area contributed by atoms with Gasteiger partial charge in [0.1, 0.15) is 11.8 Å². The van der Waals surface area contributed by atoms with Crippen LogP contribution in [-0.4, -0.2) is 29.3 Å². The number of carbonyl (C=O) groups excluding carboxylic acids is 1. The van der Waals surface area contributed by atoms with E-state index < -0.39 is 18.0 Å². The molecule has 0 saturated heterocycles. The molecule has 1 rings (SSSR count). The summed E-state index contributed by atoms with van der Waals surface area (Å²) in [6, 6.07) is 6.07. The zero-order chi connectivity index (χ0) is 15.1. The van der Waals surface area contributed by atoms with Gasteiger partial charge in [-0.25, -0.2) is 4.79 Å². The molecule has 5 heteroatoms. The van der Waals surface area contributed by atoms with Crippen molar-refractivity contribution in [1.82, 2.24) is 0 Å². The molecule has 0 amide bonds. The van der Waals surface area contributed by atoms with E-state index in [2.05, 4.69) is 4.99 Å². The van der Waals surface area contributed by atoms with Gasteiger partial charge in [-0.15, -0.1) is 0 Å². The van der Waals surface area contributed by atoms with Gasteiger partial charge < -0.3 is 9.84 Å². The third kappa shape index (κ3) is 5.22.